The van der Waals surface area contributed by atoms with E-state index in [0.717, 1.165) is 11.3 Å². The summed E-state index contributed by atoms with van der Waals surface area (Å²) in [5, 5.41) is 4.26. The minimum atomic E-state index is 0.698. The molecule has 19 heavy (non-hydrogen) atoms. The lowest BCUT2D eigenvalue weighted by Gasteiger charge is -2.10. The predicted octanol–water partition coefficient (Wildman–Crippen LogP) is 4.05. The molecule has 0 bridgehead atoms. The van der Waals surface area contributed by atoms with E-state index >= 15 is 0 Å². The van der Waals surface area contributed by atoms with Crippen LogP contribution in [0.15, 0.2) is 53.9 Å². The van der Waals surface area contributed by atoms with Crippen molar-refractivity contribution in [2.45, 2.75) is 31.7 Å². The lowest BCUT2D eigenvalue weighted by atomic mass is 10.2. The number of hydrazone groups is 1. The summed E-state index contributed by atoms with van der Waals surface area (Å²) in [6, 6.07) is 12.8. The molecule has 1 aliphatic carbocycles. The standard InChI is InChI=1S/C16H19N3/c1-2-6-15(7-3-1)18-17-12-14-10-11-19(13-14)16-8-4-5-9-16/h1-3,6-7,10-13,16,18H,4-5,8-9H2/b17-12-. The Bertz CT molecular complexity index is 536. The number of nitrogens with zero attached hydrogens (tertiary/aromatic N) is 2. The van der Waals surface area contributed by atoms with Gasteiger partial charge in [-0.1, -0.05) is 31.0 Å². The highest BCUT2D eigenvalue weighted by Crippen LogP contribution is 2.29. The molecule has 2 aromatic rings. The molecule has 3 heteroatoms. The second kappa shape index (κ2) is 5.74. The van der Waals surface area contributed by atoms with Gasteiger partial charge >= 0.3 is 0 Å². The van der Waals surface area contributed by atoms with E-state index in [1.54, 1.807) is 0 Å². The van der Waals surface area contributed by atoms with Crippen molar-refractivity contribution in [3.63, 3.8) is 0 Å². The average molecular weight is 253 g/mol. The molecule has 0 spiro atoms. The molecule has 1 aliphatic rings. The van der Waals surface area contributed by atoms with Crippen LogP contribution in [-0.4, -0.2) is 10.8 Å². The van der Waals surface area contributed by atoms with Gasteiger partial charge in [-0.2, -0.15) is 5.10 Å². The summed E-state index contributed by atoms with van der Waals surface area (Å²) in [7, 11) is 0. The Kier molecular flexibility index (Phi) is 3.63. The van der Waals surface area contributed by atoms with Crippen LogP contribution in [-0.2, 0) is 0 Å². The Balaban J connectivity index is 1.60. The number of rotatable bonds is 4. The van der Waals surface area contributed by atoms with E-state index in [-0.39, 0.29) is 0 Å². The zero-order valence-electron chi connectivity index (χ0n) is 11.0. The fourth-order valence-corrected chi connectivity index (χ4v) is 2.63. The molecule has 3 rings (SSSR count). The molecular weight excluding hydrogens is 234 g/mol. The Labute approximate surface area is 114 Å². The maximum absolute atomic E-state index is 4.26. The van der Waals surface area contributed by atoms with Crippen LogP contribution in [0.4, 0.5) is 5.69 Å². The van der Waals surface area contributed by atoms with Crippen molar-refractivity contribution in [1.29, 1.82) is 0 Å². The van der Waals surface area contributed by atoms with Crippen molar-refractivity contribution < 1.29 is 0 Å². The van der Waals surface area contributed by atoms with Crippen LogP contribution in [0.25, 0.3) is 0 Å². The second-order valence-corrected chi connectivity index (χ2v) is 5.07. The predicted molar refractivity (Wildman–Crippen MR) is 79.6 cm³/mol. The van der Waals surface area contributed by atoms with Gasteiger partial charge in [-0.05, 0) is 31.0 Å². The third-order valence-electron chi connectivity index (χ3n) is 3.66. The summed E-state index contributed by atoms with van der Waals surface area (Å²) in [6.07, 6.45) is 11.6. The van der Waals surface area contributed by atoms with Gasteiger partial charge in [-0.3, -0.25) is 5.43 Å². The van der Waals surface area contributed by atoms with Gasteiger partial charge in [0.2, 0.25) is 0 Å². The van der Waals surface area contributed by atoms with Crippen LogP contribution in [0.2, 0.25) is 0 Å². The van der Waals surface area contributed by atoms with Gasteiger partial charge in [0.15, 0.2) is 0 Å². The number of hydrogen-bond acceptors (Lipinski definition) is 2. The van der Waals surface area contributed by atoms with Crippen molar-refractivity contribution >= 4 is 11.9 Å². The van der Waals surface area contributed by atoms with E-state index in [2.05, 4.69) is 33.6 Å². The van der Waals surface area contributed by atoms with Crippen molar-refractivity contribution in [1.82, 2.24) is 4.57 Å². The highest BCUT2D eigenvalue weighted by atomic mass is 15.3. The van der Waals surface area contributed by atoms with Crippen molar-refractivity contribution in [2.75, 3.05) is 5.43 Å². The fourth-order valence-electron chi connectivity index (χ4n) is 2.63. The first-order chi connectivity index (χ1) is 9.42. The Morgan fingerprint density at radius 2 is 1.89 bits per heavy atom. The van der Waals surface area contributed by atoms with E-state index in [1.165, 1.54) is 25.7 Å². The minimum absolute atomic E-state index is 0.698. The molecule has 98 valence electrons. The second-order valence-electron chi connectivity index (χ2n) is 5.07. The summed E-state index contributed by atoms with van der Waals surface area (Å²) in [6.45, 7) is 0. The molecule has 0 radical (unpaired) electrons. The molecule has 0 amide bonds. The summed E-state index contributed by atoms with van der Waals surface area (Å²) in [5.74, 6) is 0. The molecule has 1 aromatic heterocycles. The summed E-state index contributed by atoms with van der Waals surface area (Å²) in [4.78, 5) is 0. The first kappa shape index (κ1) is 12.0. The third-order valence-corrected chi connectivity index (χ3v) is 3.66. The summed E-state index contributed by atoms with van der Waals surface area (Å²) >= 11 is 0. The number of hydrogen-bond donors (Lipinski definition) is 1. The van der Waals surface area contributed by atoms with Crippen LogP contribution in [0.1, 0.15) is 37.3 Å². The Morgan fingerprint density at radius 3 is 2.68 bits per heavy atom. The number of anilines is 1. The monoisotopic (exact) mass is 253 g/mol. The molecule has 0 unspecified atom stereocenters. The van der Waals surface area contributed by atoms with Gasteiger partial charge in [0.1, 0.15) is 0 Å². The fraction of sp³-hybridized carbons (Fsp3) is 0.312. The van der Waals surface area contributed by atoms with Crippen molar-refractivity contribution in [2.24, 2.45) is 5.10 Å². The largest absolute Gasteiger partial charge is 0.351 e. The lowest BCUT2D eigenvalue weighted by Crippen LogP contribution is -2.00. The molecule has 1 heterocycles. The number of aromatic nitrogens is 1. The van der Waals surface area contributed by atoms with Gasteiger partial charge in [-0.15, -0.1) is 0 Å². The zero-order chi connectivity index (χ0) is 12.9. The topological polar surface area (TPSA) is 29.3 Å². The summed E-state index contributed by atoms with van der Waals surface area (Å²) in [5.41, 5.74) is 5.19. The van der Waals surface area contributed by atoms with Crippen LogP contribution in [0, 0.1) is 0 Å². The molecule has 0 aliphatic heterocycles. The number of nitrogens with one attached hydrogen (secondary N) is 1. The van der Waals surface area contributed by atoms with Gasteiger partial charge in [0.25, 0.3) is 0 Å². The summed E-state index contributed by atoms with van der Waals surface area (Å²) < 4.78 is 2.33. The van der Waals surface area contributed by atoms with Gasteiger partial charge in [0, 0.05) is 24.0 Å². The molecule has 3 nitrogen and oxygen atoms in total. The Morgan fingerprint density at radius 1 is 1.11 bits per heavy atom. The molecular formula is C16H19N3. The molecule has 1 N–H and O–H groups in total. The molecule has 1 fully saturated rings. The third kappa shape index (κ3) is 3.05. The van der Waals surface area contributed by atoms with E-state index < -0.39 is 0 Å². The van der Waals surface area contributed by atoms with Gasteiger partial charge in [0.05, 0.1) is 11.9 Å². The van der Waals surface area contributed by atoms with Crippen molar-refractivity contribution in [3.8, 4) is 0 Å². The average Bonchev–Trinajstić information content (AvgIpc) is 3.10. The minimum Gasteiger partial charge on any atom is -0.351 e. The van der Waals surface area contributed by atoms with E-state index in [4.69, 9.17) is 0 Å². The maximum Gasteiger partial charge on any atom is 0.0561 e. The van der Waals surface area contributed by atoms with Gasteiger partial charge in [-0.25, -0.2) is 0 Å². The Hall–Kier alpha value is -2.03. The zero-order valence-corrected chi connectivity index (χ0v) is 11.0. The highest BCUT2D eigenvalue weighted by molar-refractivity contribution is 5.79. The van der Waals surface area contributed by atoms with Crippen LogP contribution >= 0.6 is 0 Å². The first-order valence-electron chi connectivity index (χ1n) is 6.93. The SMILES string of the molecule is C(=N/Nc1ccccc1)/c1ccn(C2CCCC2)c1. The van der Waals surface area contributed by atoms with E-state index in [9.17, 15) is 0 Å². The van der Waals surface area contributed by atoms with E-state index in [1.807, 2.05) is 36.5 Å². The smallest absolute Gasteiger partial charge is 0.0561 e. The molecule has 0 atom stereocenters. The quantitative estimate of drug-likeness (QED) is 0.646. The van der Waals surface area contributed by atoms with E-state index in [0.29, 0.717) is 6.04 Å². The number of para-hydroxylation sites is 1. The van der Waals surface area contributed by atoms with Crippen LogP contribution in [0.5, 0.6) is 0 Å². The number of benzene rings is 1. The lowest BCUT2D eigenvalue weighted by molar-refractivity contribution is 0.521. The van der Waals surface area contributed by atoms with Gasteiger partial charge < -0.3 is 4.57 Å². The molecule has 0 saturated heterocycles. The molecule has 1 aromatic carbocycles. The van der Waals surface area contributed by atoms with Crippen LogP contribution < -0.4 is 5.43 Å². The van der Waals surface area contributed by atoms with Crippen LogP contribution in [0.3, 0.4) is 0 Å². The normalized spacial score (nSPS) is 16.2. The van der Waals surface area contributed by atoms with Crippen molar-refractivity contribution in [3.05, 3.63) is 54.4 Å². The highest BCUT2D eigenvalue weighted by Gasteiger charge is 2.15. The first-order valence-corrected chi connectivity index (χ1v) is 6.93. The molecule has 1 saturated carbocycles. The maximum atomic E-state index is 4.26.